The molecule has 0 aromatic carbocycles. The molecule has 0 aliphatic carbocycles. The summed E-state index contributed by atoms with van der Waals surface area (Å²) in [6.07, 6.45) is 2.39. The summed E-state index contributed by atoms with van der Waals surface area (Å²) in [4.78, 5) is 17.6. The highest BCUT2D eigenvalue weighted by Gasteiger charge is 2.26. The maximum atomic E-state index is 11.5. The topological polar surface area (TPSA) is 64.8 Å². The van der Waals surface area contributed by atoms with Gasteiger partial charge in [-0.1, -0.05) is 0 Å². The molecule has 2 heterocycles. The lowest BCUT2D eigenvalue weighted by Gasteiger charge is -2.12. The van der Waals surface area contributed by atoms with Gasteiger partial charge in [0.15, 0.2) is 5.69 Å². The van der Waals surface area contributed by atoms with E-state index in [1.54, 1.807) is 14.0 Å². The maximum absolute atomic E-state index is 11.5. The van der Waals surface area contributed by atoms with E-state index in [1.807, 2.05) is 4.90 Å². The minimum absolute atomic E-state index is 0.224. The fourth-order valence-corrected chi connectivity index (χ4v) is 2.09. The summed E-state index contributed by atoms with van der Waals surface area (Å²) in [5, 5.41) is 0. The third-order valence-corrected chi connectivity index (χ3v) is 2.94. The molecule has 1 aliphatic rings. The Morgan fingerprint density at radius 2 is 2.50 bits per heavy atom. The molecule has 18 heavy (non-hydrogen) atoms. The normalized spacial score (nSPS) is 19.2. The lowest BCUT2D eigenvalue weighted by molar-refractivity contribution is 0.0519. The standard InChI is InChI=1S/C12H18N2O4/c1-3-17-11(15)10-8-18-12(13-10)14-5-4-9(6-14)7-16-2/h8-9H,3-7H2,1-2H3. The average Bonchev–Trinajstić information content (AvgIpc) is 2.97. The molecule has 0 saturated carbocycles. The van der Waals surface area contributed by atoms with Crippen LogP contribution < -0.4 is 4.90 Å². The van der Waals surface area contributed by atoms with E-state index in [-0.39, 0.29) is 5.69 Å². The van der Waals surface area contributed by atoms with Gasteiger partial charge in [0, 0.05) is 26.1 Å². The first kappa shape index (κ1) is 12.9. The molecule has 6 nitrogen and oxygen atoms in total. The Balaban J connectivity index is 1.96. The number of rotatable bonds is 5. The van der Waals surface area contributed by atoms with Gasteiger partial charge in [0.05, 0.1) is 13.2 Å². The Morgan fingerprint density at radius 3 is 3.22 bits per heavy atom. The lowest BCUT2D eigenvalue weighted by atomic mass is 10.1. The summed E-state index contributed by atoms with van der Waals surface area (Å²) in [5.41, 5.74) is 0.224. The molecule has 0 amide bonds. The van der Waals surface area contributed by atoms with Crippen LogP contribution in [0.2, 0.25) is 0 Å². The Kier molecular flexibility index (Phi) is 4.19. The van der Waals surface area contributed by atoms with Gasteiger partial charge in [0.1, 0.15) is 6.26 Å². The van der Waals surface area contributed by atoms with E-state index in [4.69, 9.17) is 13.9 Å². The summed E-state index contributed by atoms with van der Waals surface area (Å²) in [5.74, 6) is 0.0491. The number of hydrogen-bond donors (Lipinski definition) is 0. The minimum Gasteiger partial charge on any atom is -0.461 e. The molecule has 6 heteroatoms. The van der Waals surface area contributed by atoms with Gasteiger partial charge < -0.3 is 18.8 Å². The van der Waals surface area contributed by atoms with Gasteiger partial charge in [-0.25, -0.2) is 4.79 Å². The Bertz CT molecular complexity index is 405. The highest BCUT2D eigenvalue weighted by molar-refractivity contribution is 5.87. The Hall–Kier alpha value is -1.56. The first-order valence-corrected chi connectivity index (χ1v) is 6.11. The van der Waals surface area contributed by atoms with Crippen molar-refractivity contribution < 1.29 is 18.7 Å². The van der Waals surface area contributed by atoms with Crippen LogP contribution in [0.15, 0.2) is 10.7 Å². The van der Waals surface area contributed by atoms with Crippen LogP contribution in [0.5, 0.6) is 0 Å². The smallest absolute Gasteiger partial charge is 0.360 e. The fourth-order valence-electron chi connectivity index (χ4n) is 2.09. The zero-order valence-electron chi connectivity index (χ0n) is 10.7. The molecule has 0 N–H and O–H groups in total. The first-order chi connectivity index (χ1) is 8.74. The van der Waals surface area contributed by atoms with Crippen LogP contribution in [0.4, 0.5) is 6.01 Å². The van der Waals surface area contributed by atoms with Crippen molar-refractivity contribution in [2.24, 2.45) is 5.92 Å². The predicted molar refractivity (Wildman–Crippen MR) is 64.7 cm³/mol. The maximum Gasteiger partial charge on any atom is 0.360 e. The number of esters is 1. The highest BCUT2D eigenvalue weighted by atomic mass is 16.5. The van der Waals surface area contributed by atoms with Crippen molar-refractivity contribution in [2.45, 2.75) is 13.3 Å². The monoisotopic (exact) mass is 254 g/mol. The Labute approximate surface area is 106 Å². The number of ether oxygens (including phenoxy) is 2. The van der Waals surface area contributed by atoms with Gasteiger partial charge in [-0.05, 0) is 13.3 Å². The van der Waals surface area contributed by atoms with Crippen molar-refractivity contribution in [3.8, 4) is 0 Å². The van der Waals surface area contributed by atoms with Crippen molar-refractivity contribution in [2.75, 3.05) is 38.3 Å². The van der Waals surface area contributed by atoms with Gasteiger partial charge in [-0.3, -0.25) is 0 Å². The van der Waals surface area contributed by atoms with E-state index in [0.29, 0.717) is 18.5 Å². The molecule has 1 aromatic rings. The third kappa shape index (κ3) is 2.81. The van der Waals surface area contributed by atoms with Crippen molar-refractivity contribution in [1.29, 1.82) is 0 Å². The summed E-state index contributed by atoms with van der Waals surface area (Å²) in [6, 6.07) is 0.483. The number of carbonyl (C=O) groups is 1. The molecular weight excluding hydrogens is 236 g/mol. The fraction of sp³-hybridized carbons (Fsp3) is 0.667. The van der Waals surface area contributed by atoms with Gasteiger partial charge in [-0.2, -0.15) is 4.98 Å². The lowest BCUT2D eigenvalue weighted by Crippen LogP contribution is -2.21. The number of anilines is 1. The molecule has 2 rings (SSSR count). The molecule has 1 fully saturated rings. The largest absolute Gasteiger partial charge is 0.461 e. The second-order valence-corrected chi connectivity index (χ2v) is 4.29. The van der Waals surface area contributed by atoms with Crippen LogP contribution in [-0.4, -0.2) is 44.4 Å². The summed E-state index contributed by atoms with van der Waals surface area (Å²) in [6.45, 7) is 4.55. The first-order valence-electron chi connectivity index (χ1n) is 6.11. The molecule has 100 valence electrons. The molecule has 1 unspecified atom stereocenters. The average molecular weight is 254 g/mol. The summed E-state index contributed by atoms with van der Waals surface area (Å²) in [7, 11) is 1.70. The summed E-state index contributed by atoms with van der Waals surface area (Å²) >= 11 is 0. The number of hydrogen-bond acceptors (Lipinski definition) is 6. The minimum atomic E-state index is -0.444. The molecule has 1 saturated heterocycles. The number of aromatic nitrogens is 1. The van der Waals surface area contributed by atoms with E-state index < -0.39 is 5.97 Å². The summed E-state index contributed by atoms with van der Waals surface area (Å²) < 4.78 is 15.3. The molecule has 0 spiro atoms. The van der Waals surface area contributed by atoms with Crippen molar-refractivity contribution in [3.05, 3.63) is 12.0 Å². The number of oxazole rings is 1. The predicted octanol–water partition coefficient (Wildman–Crippen LogP) is 1.32. The van der Waals surface area contributed by atoms with Gasteiger partial charge in [0.2, 0.25) is 0 Å². The quantitative estimate of drug-likeness (QED) is 0.738. The zero-order chi connectivity index (χ0) is 13.0. The van der Waals surface area contributed by atoms with E-state index >= 15 is 0 Å². The van der Waals surface area contributed by atoms with Crippen molar-refractivity contribution in [1.82, 2.24) is 4.98 Å². The van der Waals surface area contributed by atoms with E-state index in [2.05, 4.69) is 4.98 Å². The molecular formula is C12H18N2O4. The number of nitrogens with zero attached hydrogens (tertiary/aromatic N) is 2. The van der Waals surface area contributed by atoms with Crippen molar-refractivity contribution in [3.63, 3.8) is 0 Å². The SMILES string of the molecule is CCOC(=O)c1coc(N2CCC(COC)C2)n1. The van der Waals surface area contributed by atoms with Crippen LogP contribution in [0.3, 0.4) is 0 Å². The van der Waals surface area contributed by atoms with E-state index in [9.17, 15) is 4.79 Å². The van der Waals surface area contributed by atoms with Crippen LogP contribution >= 0.6 is 0 Å². The number of carbonyl (C=O) groups excluding carboxylic acids is 1. The number of methoxy groups -OCH3 is 1. The van der Waals surface area contributed by atoms with Gasteiger partial charge in [0.25, 0.3) is 6.01 Å². The molecule has 0 radical (unpaired) electrons. The van der Waals surface area contributed by atoms with Crippen molar-refractivity contribution >= 4 is 12.0 Å². The van der Waals surface area contributed by atoms with Crippen LogP contribution in [0.1, 0.15) is 23.8 Å². The van der Waals surface area contributed by atoms with E-state index in [0.717, 1.165) is 26.1 Å². The molecule has 1 aliphatic heterocycles. The Morgan fingerprint density at radius 1 is 1.67 bits per heavy atom. The zero-order valence-corrected chi connectivity index (χ0v) is 10.7. The second-order valence-electron chi connectivity index (χ2n) is 4.29. The molecule has 0 bridgehead atoms. The van der Waals surface area contributed by atoms with Gasteiger partial charge >= 0.3 is 5.97 Å². The second kappa shape index (κ2) is 5.86. The van der Waals surface area contributed by atoms with Crippen LogP contribution in [-0.2, 0) is 9.47 Å². The van der Waals surface area contributed by atoms with Gasteiger partial charge in [-0.15, -0.1) is 0 Å². The molecule has 1 atom stereocenters. The van der Waals surface area contributed by atoms with Crippen LogP contribution in [0, 0.1) is 5.92 Å². The van der Waals surface area contributed by atoms with Crippen LogP contribution in [0.25, 0.3) is 0 Å². The highest BCUT2D eigenvalue weighted by Crippen LogP contribution is 2.23. The van der Waals surface area contributed by atoms with E-state index in [1.165, 1.54) is 6.26 Å². The third-order valence-electron chi connectivity index (χ3n) is 2.94. The molecule has 1 aromatic heterocycles.